The Bertz CT molecular complexity index is 432. The summed E-state index contributed by atoms with van der Waals surface area (Å²) in [6.45, 7) is 7.14. The highest BCUT2D eigenvalue weighted by molar-refractivity contribution is 5.73. The van der Waals surface area contributed by atoms with E-state index in [2.05, 4.69) is 26.8 Å². The van der Waals surface area contributed by atoms with Crippen molar-refractivity contribution in [1.82, 2.24) is 4.90 Å². The summed E-state index contributed by atoms with van der Waals surface area (Å²) < 4.78 is 5.20. The maximum atomic E-state index is 11.3. The van der Waals surface area contributed by atoms with Gasteiger partial charge in [-0.15, -0.1) is 0 Å². The van der Waals surface area contributed by atoms with Crippen molar-refractivity contribution < 1.29 is 9.53 Å². The van der Waals surface area contributed by atoms with Crippen molar-refractivity contribution in [2.45, 2.75) is 32.7 Å². The number of rotatable bonds is 0. The van der Waals surface area contributed by atoms with Crippen LogP contribution in [0.4, 0.5) is 4.79 Å². The summed E-state index contributed by atoms with van der Waals surface area (Å²) in [7, 11) is 1.75. The SMILES string of the molecule is CN1Cc2cc(C(C)(C)C)ccc2OC1=O. The molecule has 0 saturated heterocycles. The highest BCUT2D eigenvalue weighted by Crippen LogP contribution is 2.31. The third kappa shape index (κ3) is 1.90. The van der Waals surface area contributed by atoms with Gasteiger partial charge in [-0.25, -0.2) is 4.79 Å². The van der Waals surface area contributed by atoms with Crippen LogP contribution in [0.3, 0.4) is 0 Å². The molecule has 0 saturated carbocycles. The molecule has 0 aliphatic carbocycles. The predicted octanol–water partition coefficient (Wildman–Crippen LogP) is 2.93. The summed E-state index contributed by atoms with van der Waals surface area (Å²) in [6.07, 6.45) is -0.281. The van der Waals surface area contributed by atoms with Crippen LogP contribution >= 0.6 is 0 Å². The number of nitrogens with zero attached hydrogens (tertiary/aromatic N) is 1. The number of carbonyl (C=O) groups excluding carboxylic acids is 1. The molecule has 1 aromatic rings. The van der Waals surface area contributed by atoms with Gasteiger partial charge in [-0.3, -0.25) is 0 Å². The molecule has 0 aromatic heterocycles. The second-order valence-corrected chi connectivity index (χ2v) is 5.30. The fourth-order valence-electron chi connectivity index (χ4n) is 1.76. The fraction of sp³-hybridized carbons (Fsp3) is 0.462. The Kier molecular flexibility index (Phi) is 2.41. The van der Waals surface area contributed by atoms with E-state index in [1.54, 1.807) is 11.9 Å². The van der Waals surface area contributed by atoms with E-state index in [1.165, 1.54) is 5.56 Å². The molecule has 0 N–H and O–H groups in total. The molecule has 2 rings (SSSR count). The lowest BCUT2D eigenvalue weighted by atomic mass is 9.86. The van der Waals surface area contributed by atoms with E-state index in [4.69, 9.17) is 4.74 Å². The lowest BCUT2D eigenvalue weighted by Crippen LogP contribution is -2.33. The molecule has 16 heavy (non-hydrogen) atoms. The minimum Gasteiger partial charge on any atom is -0.410 e. The van der Waals surface area contributed by atoms with Crippen LogP contribution in [0.25, 0.3) is 0 Å². The zero-order valence-corrected chi connectivity index (χ0v) is 10.2. The van der Waals surface area contributed by atoms with Crippen molar-refractivity contribution >= 4 is 6.09 Å². The van der Waals surface area contributed by atoms with Crippen molar-refractivity contribution in [3.8, 4) is 5.75 Å². The minimum atomic E-state index is -0.281. The quantitative estimate of drug-likeness (QED) is 0.671. The van der Waals surface area contributed by atoms with E-state index in [1.807, 2.05) is 12.1 Å². The first kappa shape index (κ1) is 11.0. The van der Waals surface area contributed by atoms with Crippen LogP contribution in [0, 0.1) is 0 Å². The highest BCUT2D eigenvalue weighted by atomic mass is 16.6. The molecule has 0 fully saturated rings. The lowest BCUT2D eigenvalue weighted by Gasteiger charge is -2.27. The monoisotopic (exact) mass is 219 g/mol. The average molecular weight is 219 g/mol. The molecule has 1 aliphatic heterocycles. The van der Waals surface area contributed by atoms with Gasteiger partial charge in [0.05, 0.1) is 6.54 Å². The van der Waals surface area contributed by atoms with E-state index < -0.39 is 0 Å². The maximum Gasteiger partial charge on any atom is 0.415 e. The number of carbonyl (C=O) groups is 1. The van der Waals surface area contributed by atoms with E-state index in [-0.39, 0.29) is 11.5 Å². The second-order valence-electron chi connectivity index (χ2n) is 5.30. The van der Waals surface area contributed by atoms with Crippen LogP contribution in [0.1, 0.15) is 31.9 Å². The predicted molar refractivity (Wildman–Crippen MR) is 62.6 cm³/mol. The van der Waals surface area contributed by atoms with Crippen LogP contribution in [0.5, 0.6) is 5.75 Å². The molecule has 3 heteroatoms. The van der Waals surface area contributed by atoms with Crippen molar-refractivity contribution in [3.05, 3.63) is 29.3 Å². The Balaban J connectivity index is 2.40. The minimum absolute atomic E-state index is 0.120. The zero-order valence-electron chi connectivity index (χ0n) is 10.2. The van der Waals surface area contributed by atoms with E-state index in [9.17, 15) is 4.79 Å². The van der Waals surface area contributed by atoms with Gasteiger partial charge in [-0.05, 0) is 23.1 Å². The third-order valence-corrected chi connectivity index (χ3v) is 2.84. The van der Waals surface area contributed by atoms with Gasteiger partial charge in [-0.2, -0.15) is 0 Å². The summed E-state index contributed by atoms with van der Waals surface area (Å²) in [5.41, 5.74) is 2.46. The number of hydrogen-bond acceptors (Lipinski definition) is 2. The smallest absolute Gasteiger partial charge is 0.410 e. The Morgan fingerprint density at radius 3 is 2.62 bits per heavy atom. The number of fused-ring (bicyclic) bond motifs is 1. The molecule has 1 heterocycles. The molecule has 1 amide bonds. The van der Waals surface area contributed by atoms with Gasteiger partial charge < -0.3 is 9.64 Å². The van der Waals surface area contributed by atoms with E-state index in [0.717, 1.165) is 5.56 Å². The second kappa shape index (κ2) is 3.51. The average Bonchev–Trinajstić information content (AvgIpc) is 2.17. The summed E-state index contributed by atoms with van der Waals surface area (Å²) in [6, 6.07) is 6.04. The lowest BCUT2D eigenvalue weighted by molar-refractivity contribution is 0.150. The zero-order chi connectivity index (χ0) is 11.9. The molecule has 0 bridgehead atoms. The fourth-order valence-corrected chi connectivity index (χ4v) is 1.76. The summed E-state index contributed by atoms with van der Waals surface area (Å²) in [4.78, 5) is 12.9. The molecule has 3 nitrogen and oxygen atoms in total. The van der Waals surface area contributed by atoms with Gasteiger partial charge in [0, 0.05) is 12.6 Å². The molecule has 0 atom stereocenters. The van der Waals surface area contributed by atoms with Crippen LogP contribution in [0.15, 0.2) is 18.2 Å². The molecular weight excluding hydrogens is 202 g/mol. The third-order valence-electron chi connectivity index (χ3n) is 2.84. The van der Waals surface area contributed by atoms with Crippen molar-refractivity contribution in [3.63, 3.8) is 0 Å². The number of ether oxygens (including phenoxy) is 1. The van der Waals surface area contributed by atoms with Gasteiger partial charge in [0.25, 0.3) is 0 Å². The molecular formula is C13H17NO2. The van der Waals surface area contributed by atoms with Crippen molar-refractivity contribution in [1.29, 1.82) is 0 Å². The van der Waals surface area contributed by atoms with E-state index >= 15 is 0 Å². The number of benzene rings is 1. The van der Waals surface area contributed by atoms with Crippen molar-refractivity contribution in [2.24, 2.45) is 0 Å². The molecule has 1 aromatic carbocycles. The standard InChI is InChI=1S/C13H17NO2/c1-13(2,3)10-5-6-11-9(7-10)8-14(4)12(15)16-11/h5-7H,8H2,1-4H3. The Labute approximate surface area is 96.0 Å². The Morgan fingerprint density at radius 1 is 1.31 bits per heavy atom. The van der Waals surface area contributed by atoms with Crippen LogP contribution in [-0.2, 0) is 12.0 Å². The summed E-state index contributed by atoms with van der Waals surface area (Å²) >= 11 is 0. The topological polar surface area (TPSA) is 29.5 Å². The van der Waals surface area contributed by atoms with Crippen molar-refractivity contribution in [2.75, 3.05) is 7.05 Å². The van der Waals surface area contributed by atoms with Gasteiger partial charge in [0.15, 0.2) is 0 Å². The maximum absolute atomic E-state index is 11.3. The largest absolute Gasteiger partial charge is 0.415 e. The molecule has 0 spiro atoms. The van der Waals surface area contributed by atoms with Crippen LogP contribution in [0.2, 0.25) is 0 Å². The molecule has 0 unspecified atom stereocenters. The Hall–Kier alpha value is -1.51. The van der Waals surface area contributed by atoms with Gasteiger partial charge in [0.1, 0.15) is 5.75 Å². The number of amides is 1. The first-order chi connectivity index (χ1) is 7.38. The summed E-state index contributed by atoms with van der Waals surface area (Å²) in [5, 5.41) is 0. The van der Waals surface area contributed by atoms with Gasteiger partial charge in [-0.1, -0.05) is 26.8 Å². The normalized spacial score (nSPS) is 15.8. The van der Waals surface area contributed by atoms with Gasteiger partial charge >= 0.3 is 6.09 Å². The first-order valence-corrected chi connectivity index (χ1v) is 5.44. The highest BCUT2D eigenvalue weighted by Gasteiger charge is 2.23. The molecule has 86 valence electrons. The van der Waals surface area contributed by atoms with Gasteiger partial charge in [0.2, 0.25) is 0 Å². The molecule has 0 radical (unpaired) electrons. The molecule has 1 aliphatic rings. The number of hydrogen-bond donors (Lipinski definition) is 0. The Morgan fingerprint density at radius 2 is 2.00 bits per heavy atom. The summed E-state index contributed by atoms with van der Waals surface area (Å²) in [5.74, 6) is 0.691. The van der Waals surface area contributed by atoms with E-state index in [0.29, 0.717) is 12.3 Å². The van der Waals surface area contributed by atoms with Crippen LogP contribution < -0.4 is 4.74 Å². The first-order valence-electron chi connectivity index (χ1n) is 5.44. The van der Waals surface area contributed by atoms with Crippen LogP contribution in [-0.4, -0.2) is 18.0 Å².